The number of halogens is 1. The molecule has 27 heavy (non-hydrogen) atoms. The molecule has 0 aliphatic heterocycles. The van der Waals surface area contributed by atoms with E-state index in [0.29, 0.717) is 11.6 Å². The number of amides is 2. The molecule has 9 heteroatoms. The molecule has 0 spiro atoms. The number of likely N-dealkylation sites (N-methyl/N-ethyl adjacent to an activating group) is 1. The molecule has 1 aromatic carbocycles. The predicted octanol–water partition coefficient (Wildman–Crippen LogP) is 1.84. The number of hydrogen-bond acceptors (Lipinski definition) is 6. The maximum Gasteiger partial charge on any atom is 0.282 e. The van der Waals surface area contributed by atoms with Crippen LogP contribution in [0.1, 0.15) is 46.1 Å². The molecule has 2 amide bonds. The van der Waals surface area contributed by atoms with Crippen molar-refractivity contribution >= 4 is 23.2 Å². The Morgan fingerprint density at radius 1 is 1.26 bits per heavy atom. The van der Waals surface area contributed by atoms with Crippen LogP contribution in [-0.4, -0.2) is 39.5 Å². The van der Waals surface area contributed by atoms with E-state index in [0.717, 1.165) is 31.2 Å². The summed E-state index contributed by atoms with van der Waals surface area (Å²) >= 11 is 1.19. The summed E-state index contributed by atoms with van der Waals surface area (Å²) in [4.78, 5) is 26.1. The van der Waals surface area contributed by atoms with Gasteiger partial charge in [0.1, 0.15) is 16.4 Å². The summed E-state index contributed by atoms with van der Waals surface area (Å²) in [6, 6.07) is 5.91. The predicted molar refractivity (Wildman–Crippen MR) is 99.3 cm³/mol. The third kappa shape index (κ3) is 4.30. The number of nitrogens with two attached hydrogens (primary N) is 1. The first-order valence-corrected chi connectivity index (χ1v) is 9.58. The van der Waals surface area contributed by atoms with Crippen LogP contribution in [-0.2, 0) is 17.9 Å². The molecule has 0 atom stereocenters. The molecular formula is C18H22FN5O2S. The third-order valence-corrected chi connectivity index (χ3v) is 5.93. The number of carbonyl (C=O) groups is 2. The highest BCUT2D eigenvalue weighted by molar-refractivity contribution is 7.13. The standard InChI is InChI=1S/C18H22FN5O2S/c1-24(18(17(20)26)8-2-3-9-18)11-14-22-23-16(27-14)15(25)21-10-12-4-6-13(19)7-5-12/h4-7H,2-3,8-11H2,1H3,(H2,20,26)(H,21,25). The SMILES string of the molecule is CN(Cc1nnc(C(=O)NCc2ccc(F)cc2)s1)C1(C(N)=O)CCCC1. The Hall–Kier alpha value is -2.39. The van der Waals surface area contributed by atoms with Crippen LogP contribution in [0.15, 0.2) is 24.3 Å². The number of benzene rings is 1. The molecule has 1 aliphatic rings. The van der Waals surface area contributed by atoms with Gasteiger partial charge in [-0.2, -0.15) is 0 Å². The lowest BCUT2D eigenvalue weighted by Crippen LogP contribution is -2.53. The van der Waals surface area contributed by atoms with Gasteiger partial charge in [-0.05, 0) is 37.6 Å². The lowest BCUT2D eigenvalue weighted by molar-refractivity contribution is -0.129. The van der Waals surface area contributed by atoms with Gasteiger partial charge in [0.2, 0.25) is 10.9 Å². The largest absolute Gasteiger partial charge is 0.368 e. The van der Waals surface area contributed by atoms with E-state index < -0.39 is 5.54 Å². The normalized spacial score (nSPS) is 15.8. The number of carbonyl (C=O) groups excluding carboxylic acids is 2. The Balaban J connectivity index is 1.59. The fraction of sp³-hybridized carbons (Fsp3) is 0.444. The van der Waals surface area contributed by atoms with E-state index in [4.69, 9.17) is 5.73 Å². The van der Waals surface area contributed by atoms with Crippen LogP contribution in [0.5, 0.6) is 0 Å². The molecule has 0 radical (unpaired) electrons. The minimum atomic E-state index is -0.642. The molecular weight excluding hydrogens is 369 g/mol. The van der Waals surface area contributed by atoms with E-state index >= 15 is 0 Å². The van der Waals surface area contributed by atoms with Crippen molar-refractivity contribution in [3.05, 3.63) is 45.7 Å². The summed E-state index contributed by atoms with van der Waals surface area (Å²) in [5.41, 5.74) is 5.79. The summed E-state index contributed by atoms with van der Waals surface area (Å²) < 4.78 is 12.9. The van der Waals surface area contributed by atoms with Crippen LogP contribution in [0.2, 0.25) is 0 Å². The van der Waals surface area contributed by atoms with E-state index in [1.807, 2.05) is 11.9 Å². The molecule has 1 fully saturated rings. The van der Waals surface area contributed by atoms with Gasteiger partial charge in [-0.25, -0.2) is 4.39 Å². The van der Waals surface area contributed by atoms with Gasteiger partial charge in [0.25, 0.3) is 5.91 Å². The molecule has 2 aromatic rings. The highest BCUT2D eigenvalue weighted by Crippen LogP contribution is 2.35. The average molecular weight is 391 g/mol. The molecule has 1 saturated carbocycles. The lowest BCUT2D eigenvalue weighted by Gasteiger charge is -2.35. The summed E-state index contributed by atoms with van der Waals surface area (Å²) in [7, 11) is 1.85. The maximum absolute atomic E-state index is 12.9. The van der Waals surface area contributed by atoms with E-state index in [1.165, 1.54) is 23.5 Å². The highest BCUT2D eigenvalue weighted by atomic mass is 32.1. The summed E-state index contributed by atoms with van der Waals surface area (Å²) in [5, 5.41) is 11.7. The van der Waals surface area contributed by atoms with Crippen molar-refractivity contribution in [2.24, 2.45) is 5.73 Å². The Bertz CT molecular complexity index is 817. The van der Waals surface area contributed by atoms with Gasteiger partial charge in [0, 0.05) is 6.54 Å². The van der Waals surface area contributed by atoms with Crippen LogP contribution in [0.4, 0.5) is 4.39 Å². The first kappa shape index (κ1) is 19.4. The topological polar surface area (TPSA) is 101 Å². The zero-order chi connectivity index (χ0) is 19.4. The molecule has 1 aliphatic carbocycles. The van der Waals surface area contributed by atoms with Crippen molar-refractivity contribution in [2.75, 3.05) is 7.05 Å². The minimum absolute atomic E-state index is 0.250. The Morgan fingerprint density at radius 3 is 2.56 bits per heavy atom. The van der Waals surface area contributed by atoms with Crippen molar-refractivity contribution in [2.45, 2.75) is 44.3 Å². The molecule has 144 valence electrons. The smallest absolute Gasteiger partial charge is 0.282 e. The molecule has 3 N–H and O–H groups in total. The first-order valence-electron chi connectivity index (χ1n) is 8.77. The average Bonchev–Trinajstić information content (AvgIpc) is 3.31. The van der Waals surface area contributed by atoms with E-state index in [1.54, 1.807) is 12.1 Å². The molecule has 1 aromatic heterocycles. The lowest BCUT2D eigenvalue weighted by atomic mass is 9.95. The second-order valence-corrected chi connectivity index (χ2v) is 7.83. The molecule has 1 heterocycles. The van der Waals surface area contributed by atoms with Gasteiger partial charge in [0.15, 0.2) is 0 Å². The van der Waals surface area contributed by atoms with Gasteiger partial charge in [0.05, 0.1) is 6.54 Å². The zero-order valence-electron chi connectivity index (χ0n) is 15.1. The van der Waals surface area contributed by atoms with E-state index in [9.17, 15) is 14.0 Å². The van der Waals surface area contributed by atoms with Crippen LogP contribution in [0.25, 0.3) is 0 Å². The number of primary amides is 1. The van der Waals surface area contributed by atoms with Crippen molar-refractivity contribution in [3.8, 4) is 0 Å². The number of aromatic nitrogens is 2. The molecule has 3 rings (SSSR count). The molecule has 0 saturated heterocycles. The quantitative estimate of drug-likeness (QED) is 0.750. The van der Waals surface area contributed by atoms with Gasteiger partial charge >= 0.3 is 0 Å². The molecule has 0 unspecified atom stereocenters. The second-order valence-electron chi connectivity index (χ2n) is 6.77. The Kier molecular flexibility index (Phi) is 5.81. The Labute approximate surface area is 160 Å². The van der Waals surface area contributed by atoms with Gasteiger partial charge in [-0.1, -0.05) is 36.3 Å². The van der Waals surface area contributed by atoms with E-state index in [2.05, 4.69) is 15.5 Å². The van der Waals surface area contributed by atoms with Crippen molar-refractivity contribution < 1.29 is 14.0 Å². The van der Waals surface area contributed by atoms with Crippen LogP contribution in [0, 0.1) is 5.82 Å². The monoisotopic (exact) mass is 391 g/mol. The minimum Gasteiger partial charge on any atom is -0.368 e. The molecule has 7 nitrogen and oxygen atoms in total. The summed E-state index contributed by atoms with van der Waals surface area (Å²) in [5.74, 6) is -0.973. The van der Waals surface area contributed by atoms with Crippen LogP contribution >= 0.6 is 11.3 Å². The molecule has 0 bridgehead atoms. The fourth-order valence-corrected chi connectivity index (χ4v) is 4.21. The number of hydrogen-bond donors (Lipinski definition) is 2. The second kappa shape index (κ2) is 8.10. The maximum atomic E-state index is 12.9. The van der Waals surface area contributed by atoms with Crippen LogP contribution in [0.3, 0.4) is 0 Å². The summed E-state index contributed by atoms with van der Waals surface area (Å²) in [6.45, 7) is 0.685. The van der Waals surface area contributed by atoms with Gasteiger partial charge < -0.3 is 11.1 Å². The number of nitrogens with one attached hydrogen (secondary N) is 1. The van der Waals surface area contributed by atoms with Crippen molar-refractivity contribution in [1.82, 2.24) is 20.4 Å². The number of rotatable bonds is 7. The highest BCUT2D eigenvalue weighted by Gasteiger charge is 2.43. The first-order chi connectivity index (χ1) is 12.9. The van der Waals surface area contributed by atoms with E-state index in [-0.39, 0.29) is 29.2 Å². The van der Waals surface area contributed by atoms with Crippen molar-refractivity contribution in [3.63, 3.8) is 0 Å². The Morgan fingerprint density at radius 2 is 1.93 bits per heavy atom. The summed E-state index contributed by atoms with van der Waals surface area (Å²) in [6.07, 6.45) is 3.42. The third-order valence-electron chi connectivity index (χ3n) is 5.02. The zero-order valence-corrected chi connectivity index (χ0v) is 15.9. The fourth-order valence-electron chi connectivity index (χ4n) is 3.40. The van der Waals surface area contributed by atoms with Crippen molar-refractivity contribution in [1.29, 1.82) is 0 Å². The number of nitrogens with zero attached hydrogens (tertiary/aromatic N) is 3. The van der Waals surface area contributed by atoms with Gasteiger partial charge in [-0.15, -0.1) is 10.2 Å². The van der Waals surface area contributed by atoms with Gasteiger partial charge in [-0.3, -0.25) is 14.5 Å². The van der Waals surface area contributed by atoms with Crippen LogP contribution < -0.4 is 11.1 Å².